The van der Waals surface area contributed by atoms with Crippen LogP contribution in [0.4, 0.5) is 0 Å². The van der Waals surface area contributed by atoms with Crippen molar-refractivity contribution in [2.45, 2.75) is 25.3 Å². The molecule has 1 aromatic carbocycles. The van der Waals surface area contributed by atoms with Gasteiger partial charge in [0.1, 0.15) is 5.41 Å². The summed E-state index contributed by atoms with van der Waals surface area (Å²) in [4.78, 5) is 18.9. The Morgan fingerprint density at radius 1 is 1.44 bits per heavy atom. The lowest BCUT2D eigenvalue weighted by Gasteiger charge is -2.46. The number of esters is 1. The van der Waals surface area contributed by atoms with Gasteiger partial charge >= 0.3 is 5.97 Å². The fraction of sp³-hybridized carbons (Fsp3) is 0.450. The number of aromatic nitrogens is 1. The second-order valence-corrected chi connectivity index (χ2v) is 7.06. The summed E-state index contributed by atoms with van der Waals surface area (Å²) in [6.07, 6.45) is 2.93. The maximum atomic E-state index is 13.0. The molecule has 5 nitrogen and oxygen atoms in total. The van der Waals surface area contributed by atoms with E-state index in [0.717, 1.165) is 48.2 Å². The van der Waals surface area contributed by atoms with Crippen molar-refractivity contribution >= 4 is 16.9 Å². The molecule has 0 saturated carbocycles. The van der Waals surface area contributed by atoms with Gasteiger partial charge < -0.3 is 14.8 Å². The molecule has 0 amide bonds. The molecule has 2 N–H and O–H groups in total. The quantitative estimate of drug-likeness (QED) is 0.651. The van der Waals surface area contributed by atoms with Crippen LogP contribution in [0.1, 0.15) is 24.6 Å². The van der Waals surface area contributed by atoms with Crippen molar-refractivity contribution < 1.29 is 14.6 Å². The molecule has 1 aromatic heterocycles. The van der Waals surface area contributed by atoms with Crippen molar-refractivity contribution in [1.29, 1.82) is 0 Å². The smallest absolute Gasteiger partial charge is 0.320 e. The number of benzene rings is 1. The Bertz CT molecular complexity index is 854. The van der Waals surface area contributed by atoms with Crippen molar-refractivity contribution in [2.24, 2.45) is 5.92 Å². The third-order valence-electron chi connectivity index (χ3n) is 5.99. The second kappa shape index (κ2) is 6.00. The van der Waals surface area contributed by atoms with Crippen LogP contribution in [-0.2, 0) is 21.5 Å². The number of aliphatic hydroxyl groups excluding tert-OH is 1. The summed E-state index contributed by atoms with van der Waals surface area (Å²) in [7, 11) is 1.41. The summed E-state index contributed by atoms with van der Waals surface area (Å²) in [5.74, 6) is -0.416. The predicted octanol–water partition coefficient (Wildman–Crippen LogP) is 2.35. The largest absolute Gasteiger partial charge is 0.468 e. The van der Waals surface area contributed by atoms with Crippen LogP contribution < -0.4 is 0 Å². The lowest BCUT2D eigenvalue weighted by atomic mass is 9.65. The number of hydrogen-bond acceptors (Lipinski definition) is 4. The van der Waals surface area contributed by atoms with Gasteiger partial charge in [0.25, 0.3) is 0 Å². The molecular weight excluding hydrogens is 316 g/mol. The zero-order valence-corrected chi connectivity index (χ0v) is 14.7. The first-order chi connectivity index (χ1) is 12.2. The van der Waals surface area contributed by atoms with E-state index in [4.69, 9.17) is 4.74 Å². The SMILES string of the molecule is C/C=C1/CN2CC[C@H]1[C@](CO)(C(=O)OC)c1[nH]c3ccccc3c1C2. The minimum atomic E-state index is -1.07. The Morgan fingerprint density at radius 2 is 2.24 bits per heavy atom. The van der Waals surface area contributed by atoms with E-state index in [9.17, 15) is 9.90 Å². The summed E-state index contributed by atoms with van der Waals surface area (Å²) in [6.45, 7) is 4.27. The molecule has 0 aliphatic carbocycles. The third kappa shape index (κ3) is 2.19. The van der Waals surface area contributed by atoms with Gasteiger partial charge in [-0.05, 0) is 31.5 Å². The number of nitrogens with zero attached hydrogens (tertiary/aromatic N) is 1. The Hall–Kier alpha value is -2.11. The monoisotopic (exact) mass is 340 g/mol. The zero-order valence-electron chi connectivity index (χ0n) is 14.7. The van der Waals surface area contributed by atoms with Gasteiger partial charge in [-0.3, -0.25) is 9.69 Å². The number of carbonyl (C=O) groups is 1. The average Bonchev–Trinajstić information content (AvgIpc) is 2.99. The normalized spacial score (nSPS) is 30.1. The van der Waals surface area contributed by atoms with Crippen LogP contribution in [0.25, 0.3) is 10.9 Å². The van der Waals surface area contributed by atoms with E-state index in [0.29, 0.717) is 0 Å². The van der Waals surface area contributed by atoms with Crippen molar-refractivity contribution in [2.75, 3.05) is 26.8 Å². The molecule has 25 heavy (non-hydrogen) atoms. The first kappa shape index (κ1) is 16.4. The van der Waals surface area contributed by atoms with Crippen molar-refractivity contribution in [3.8, 4) is 0 Å². The Balaban J connectivity index is 2.06. The second-order valence-electron chi connectivity index (χ2n) is 7.06. The number of fused-ring (bicyclic) bond motifs is 3. The van der Waals surface area contributed by atoms with Crippen LogP contribution in [0.2, 0.25) is 0 Å². The highest BCUT2D eigenvalue weighted by molar-refractivity contribution is 5.91. The maximum absolute atomic E-state index is 13.0. The number of carbonyl (C=O) groups excluding carboxylic acids is 1. The van der Waals surface area contributed by atoms with E-state index < -0.39 is 5.41 Å². The van der Waals surface area contributed by atoms with E-state index in [-0.39, 0.29) is 18.5 Å². The minimum Gasteiger partial charge on any atom is -0.468 e. The van der Waals surface area contributed by atoms with Gasteiger partial charge in [-0.2, -0.15) is 0 Å². The number of allylic oxidation sites excluding steroid dienone is 1. The number of para-hydroxylation sites is 1. The number of rotatable bonds is 2. The standard InChI is InChI=1S/C20H24N2O3/c1-3-13-10-22-9-8-16(13)20(12-23,19(24)25-2)18-15(11-22)14-6-4-5-7-17(14)21-18/h3-7,16,21,23H,8-12H2,1-2H3/b13-3-/t16-,20+/m1/s1. The fourth-order valence-electron chi connectivity index (χ4n) is 4.76. The molecule has 3 aliphatic rings. The van der Waals surface area contributed by atoms with E-state index in [1.807, 2.05) is 25.1 Å². The van der Waals surface area contributed by atoms with Gasteiger partial charge in [-0.25, -0.2) is 0 Å². The summed E-state index contributed by atoms with van der Waals surface area (Å²) in [5, 5.41) is 11.6. The molecule has 3 aliphatic heterocycles. The van der Waals surface area contributed by atoms with E-state index in [1.165, 1.54) is 12.7 Å². The Morgan fingerprint density at radius 3 is 2.96 bits per heavy atom. The number of piperidine rings is 1. The number of H-pyrrole nitrogens is 1. The van der Waals surface area contributed by atoms with Crippen LogP contribution >= 0.6 is 0 Å². The van der Waals surface area contributed by atoms with Crippen LogP contribution in [-0.4, -0.2) is 47.8 Å². The van der Waals surface area contributed by atoms with Crippen molar-refractivity contribution in [1.82, 2.24) is 9.88 Å². The molecule has 4 heterocycles. The number of nitrogens with one attached hydrogen (secondary N) is 1. The van der Waals surface area contributed by atoms with E-state index in [1.54, 1.807) is 0 Å². The van der Waals surface area contributed by atoms with Crippen LogP contribution in [0.15, 0.2) is 35.9 Å². The highest BCUT2D eigenvalue weighted by Gasteiger charge is 2.54. The number of methoxy groups -OCH3 is 1. The van der Waals surface area contributed by atoms with Gasteiger partial charge in [0, 0.05) is 35.6 Å². The number of aliphatic hydroxyl groups is 1. The van der Waals surface area contributed by atoms with Crippen LogP contribution in [0.5, 0.6) is 0 Å². The Kier molecular flexibility index (Phi) is 3.93. The van der Waals surface area contributed by atoms with Gasteiger partial charge in [0.15, 0.2) is 0 Å². The fourth-order valence-corrected chi connectivity index (χ4v) is 4.76. The lowest BCUT2D eigenvalue weighted by molar-refractivity contribution is -0.152. The molecule has 2 aromatic rings. The zero-order chi connectivity index (χ0) is 17.6. The summed E-state index contributed by atoms with van der Waals surface area (Å²) < 4.78 is 5.22. The topological polar surface area (TPSA) is 65.6 Å². The number of aromatic amines is 1. The Labute approximate surface area is 147 Å². The van der Waals surface area contributed by atoms with E-state index >= 15 is 0 Å². The predicted molar refractivity (Wildman–Crippen MR) is 96.2 cm³/mol. The van der Waals surface area contributed by atoms with Gasteiger partial charge in [-0.1, -0.05) is 29.8 Å². The van der Waals surface area contributed by atoms with Gasteiger partial charge in [0.05, 0.1) is 13.7 Å². The van der Waals surface area contributed by atoms with Crippen LogP contribution in [0.3, 0.4) is 0 Å². The molecule has 1 unspecified atom stereocenters. The third-order valence-corrected chi connectivity index (χ3v) is 5.99. The molecule has 5 rings (SSSR count). The van der Waals surface area contributed by atoms with E-state index in [2.05, 4.69) is 22.0 Å². The van der Waals surface area contributed by atoms with Crippen molar-refractivity contribution in [3.05, 3.63) is 47.2 Å². The number of hydrogen-bond donors (Lipinski definition) is 2. The maximum Gasteiger partial charge on any atom is 0.320 e. The molecule has 132 valence electrons. The van der Waals surface area contributed by atoms with Gasteiger partial charge in [0.2, 0.25) is 0 Å². The molecule has 2 bridgehead atoms. The molecule has 3 atom stereocenters. The molecule has 1 saturated heterocycles. The summed E-state index contributed by atoms with van der Waals surface area (Å²) in [5.41, 5.74) is 3.05. The van der Waals surface area contributed by atoms with Crippen LogP contribution in [0, 0.1) is 5.92 Å². The highest BCUT2D eigenvalue weighted by atomic mass is 16.5. The van der Waals surface area contributed by atoms with Crippen molar-refractivity contribution in [3.63, 3.8) is 0 Å². The molecule has 0 spiro atoms. The number of ether oxygens (including phenoxy) is 1. The average molecular weight is 340 g/mol. The highest BCUT2D eigenvalue weighted by Crippen LogP contribution is 2.47. The molecule has 1 fully saturated rings. The van der Waals surface area contributed by atoms with Gasteiger partial charge in [-0.15, -0.1) is 0 Å². The molecule has 0 radical (unpaired) electrons. The summed E-state index contributed by atoms with van der Waals surface area (Å²) in [6, 6.07) is 8.10. The molecular formula is C20H24N2O3. The molecule has 5 heteroatoms. The first-order valence-corrected chi connectivity index (χ1v) is 8.82. The minimum absolute atomic E-state index is 0.0571. The summed E-state index contributed by atoms with van der Waals surface area (Å²) >= 11 is 0. The lowest BCUT2D eigenvalue weighted by Crippen LogP contribution is -2.54. The first-order valence-electron chi connectivity index (χ1n) is 8.82.